The maximum Gasteiger partial charge on any atom is 0.183 e. The molecule has 2 heteroatoms. The van der Waals surface area contributed by atoms with Crippen LogP contribution in [0, 0.1) is 0 Å². The second-order valence-electron chi connectivity index (χ2n) is 3.42. The Kier molecular flexibility index (Phi) is 4.12. The lowest BCUT2D eigenvalue weighted by Crippen LogP contribution is -2.06. The van der Waals surface area contributed by atoms with Crippen molar-refractivity contribution in [3.05, 3.63) is 0 Å². The lowest BCUT2D eigenvalue weighted by Gasteiger charge is -2.08. The third-order valence-electron chi connectivity index (χ3n) is 2.36. The zero-order valence-electron chi connectivity index (χ0n) is 8.18. The molecule has 0 saturated heterocycles. The summed E-state index contributed by atoms with van der Waals surface area (Å²) in [6, 6.07) is 0.535. The predicted molar refractivity (Wildman–Crippen MR) is 51.6 cm³/mol. The smallest absolute Gasteiger partial charge is 0.183 e. The predicted octanol–water partition coefficient (Wildman–Crippen LogP) is 2.77. The van der Waals surface area contributed by atoms with Crippen LogP contribution in [0.4, 0.5) is 0 Å². The van der Waals surface area contributed by atoms with E-state index in [2.05, 4.69) is 11.9 Å². The SMILES string of the molecule is CCC[C@@H]1CCCCC(OC)=N1. The number of methoxy groups -OCH3 is 1. The van der Waals surface area contributed by atoms with E-state index < -0.39 is 0 Å². The van der Waals surface area contributed by atoms with Crippen molar-refractivity contribution in [3.8, 4) is 0 Å². The minimum Gasteiger partial charge on any atom is -0.484 e. The fourth-order valence-corrected chi connectivity index (χ4v) is 1.69. The topological polar surface area (TPSA) is 21.6 Å². The molecular weight excluding hydrogens is 150 g/mol. The van der Waals surface area contributed by atoms with E-state index >= 15 is 0 Å². The Labute approximate surface area is 75.0 Å². The standard InChI is InChI=1S/C10H19NO/c1-3-6-9-7-4-5-8-10(11-9)12-2/h9H,3-8H2,1-2H3/t9-/m1/s1. The van der Waals surface area contributed by atoms with E-state index in [0.29, 0.717) is 6.04 Å². The first-order valence-electron chi connectivity index (χ1n) is 4.97. The lowest BCUT2D eigenvalue weighted by molar-refractivity contribution is 0.385. The van der Waals surface area contributed by atoms with Gasteiger partial charge in [0.05, 0.1) is 13.2 Å². The molecule has 0 radical (unpaired) electrons. The Hall–Kier alpha value is -0.530. The highest BCUT2D eigenvalue weighted by Crippen LogP contribution is 2.17. The van der Waals surface area contributed by atoms with E-state index in [4.69, 9.17) is 4.74 Å². The summed E-state index contributed by atoms with van der Waals surface area (Å²) >= 11 is 0. The van der Waals surface area contributed by atoms with Gasteiger partial charge >= 0.3 is 0 Å². The van der Waals surface area contributed by atoms with Crippen LogP contribution >= 0.6 is 0 Å². The van der Waals surface area contributed by atoms with Crippen LogP contribution in [-0.4, -0.2) is 19.0 Å². The van der Waals surface area contributed by atoms with Gasteiger partial charge in [0, 0.05) is 6.42 Å². The van der Waals surface area contributed by atoms with Gasteiger partial charge in [-0.3, -0.25) is 4.99 Å². The van der Waals surface area contributed by atoms with Crippen molar-refractivity contribution in [2.75, 3.05) is 7.11 Å². The molecule has 1 heterocycles. The number of ether oxygens (including phenoxy) is 1. The minimum absolute atomic E-state index is 0.535. The molecule has 0 unspecified atom stereocenters. The fraction of sp³-hybridized carbons (Fsp3) is 0.900. The van der Waals surface area contributed by atoms with Gasteiger partial charge < -0.3 is 4.74 Å². The molecule has 0 aromatic rings. The Morgan fingerprint density at radius 3 is 3.00 bits per heavy atom. The van der Waals surface area contributed by atoms with Crippen LogP contribution in [0.15, 0.2) is 4.99 Å². The second-order valence-corrected chi connectivity index (χ2v) is 3.42. The van der Waals surface area contributed by atoms with Crippen molar-refractivity contribution >= 4 is 5.90 Å². The van der Waals surface area contributed by atoms with Gasteiger partial charge in [0.25, 0.3) is 0 Å². The van der Waals surface area contributed by atoms with E-state index in [1.54, 1.807) is 7.11 Å². The average Bonchev–Trinajstić information content (AvgIpc) is 2.30. The molecule has 1 aliphatic rings. The summed E-state index contributed by atoms with van der Waals surface area (Å²) in [5.41, 5.74) is 0. The quantitative estimate of drug-likeness (QED) is 0.623. The van der Waals surface area contributed by atoms with E-state index in [1.165, 1.54) is 32.1 Å². The van der Waals surface area contributed by atoms with Crippen LogP contribution in [0.5, 0.6) is 0 Å². The first-order valence-corrected chi connectivity index (χ1v) is 4.97. The van der Waals surface area contributed by atoms with Gasteiger partial charge in [-0.15, -0.1) is 0 Å². The zero-order valence-corrected chi connectivity index (χ0v) is 8.18. The molecule has 1 atom stereocenters. The summed E-state index contributed by atoms with van der Waals surface area (Å²) in [7, 11) is 1.73. The Balaban J connectivity index is 2.48. The van der Waals surface area contributed by atoms with Gasteiger partial charge in [-0.05, 0) is 19.3 Å². The molecule has 0 aromatic heterocycles. The Morgan fingerprint density at radius 1 is 1.50 bits per heavy atom. The van der Waals surface area contributed by atoms with E-state index in [0.717, 1.165) is 12.3 Å². The molecule has 1 aliphatic heterocycles. The Morgan fingerprint density at radius 2 is 2.33 bits per heavy atom. The molecule has 0 spiro atoms. The summed E-state index contributed by atoms with van der Waals surface area (Å²) in [5, 5.41) is 0. The van der Waals surface area contributed by atoms with Crippen molar-refractivity contribution in [3.63, 3.8) is 0 Å². The molecule has 0 N–H and O–H groups in total. The summed E-state index contributed by atoms with van der Waals surface area (Å²) in [6.07, 6.45) is 7.28. The first-order chi connectivity index (χ1) is 5.86. The molecular formula is C10H19NO. The van der Waals surface area contributed by atoms with Gasteiger partial charge in [0.1, 0.15) is 0 Å². The third kappa shape index (κ3) is 2.84. The highest BCUT2D eigenvalue weighted by Gasteiger charge is 2.12. The molecule has 0 aromatic carbocycles. The maximum atomic E-state index is 5.20. The van der Waals surface area contributed by atoms with Gasteiger partial charge in [-0.1, -0.05) is 19.8 Å². The van der Waals surface area contributed by atoms with Crippen LogP contribution in [-0.2, 0) is 4.74 Å². The molecule has 0 amide bonds. The second kappa shape index (κ2) is 5.18. The maximum absolute atomic E-state index is 5.20. The van der Waals surface area contributed by atoms with Crippen LogP contribution in [0.2, 0.25) is 0 Å². The van der Waals surface area contributed by atoms with E-state index in [1.807, 2.05) is 0 Å². The normalized spacial score (nSPS) is 24.5. The highest BCUT2D eigenvalue weighted by molar-refractivity contribution is 5.76. The van der Waals surface area contributed by atoms with Crippen LogP contribution in [0.1, 0.15) is 45.4 Å². The average molecular weight is 169 g/mol. The molecule has 0 aliphatic carbocycles. The number of hydrogen-bond acceptors (Lipinski definition) is 2. The fourth-order valence-electron chi connectivity index (χ4n) is 1.69. The molecule has 70 valence electrons. The molecule has 0 saturated carbocycles. The third-order valence-corrected chi connectivity index (χ3v) is 2.36. The van der Waals surface area contributed by atoms with Crippen molar-refractivity contribution < 1.29 is 4.74 Å². The van der Waals surface area contributed by atoms with Crippen LogP contribution in [0.3, 0.4) is 0 Å². The van der Waals surface area contributed by atoms with Crippen LogP contribution in [0.25, 0.3) is 0 Å². The van der Waals surface area contributed by atoms with Crippen LogP contribution < -0.4 is 0 Å². The van der Waals surface area contributed by atoms with E-state index in [9.17, 15) is 0 Å². The highest BCUT2D eigenvalue weighted by atomic mass is 16.5. The number of hydrogen-bond donors (Lipinski definition) is 0. The number of nitrogens with zero attached hydrogens (tertiary/aromatic N) is 1. The summed E-state index contributed by atoms with van der Waals surface area (Å²) in [6.45, 7) is 2.22. The summed E-state index contributed by atoms with van der Waals surface area (Å²) in [5.74, 6) is 0.964. The number of rotatable bonds is 2. The molecule has 1 rings (SSSR count). The first kappa shape index (κ1) is 9.56. The molecule has 0 bridgehead atoms. The zero-order chi connectivity index (χ0) is 8.81. The van der Waals surface area contributed by atoms with Crippen molar-refractivity contribution in [1.82, 2.24) is 0 Å². The van der Waals surface area contributed by atoms with E-state index in [-0.39, 0.29) is 0 Å². The van der Waals surface area contributed by atoms with Gasteiger partial charge in [0.15, 0.2) is 5.90 Å². The monoisotopic (exact) mass is 169 g/mol. The van der Waals surface area contributed by atoms with Crippen molar-refractivity contribution in [2.45, 2.75) is 51.5 Å². The molecule has 0 fully saturated rings. The minimum atomic E-state index is 0.535. The molecule has 2 nitrogen and oxygen atoms in total. The van der Waals surface area contributed by atoms with Gasteiger partial charge in [-0.25, -0.2) is 0 Å². The lowest BCUT2D eigenvalue weighted by atomic mass is 10.1. The summed E-state index contributed by atoms with van der Waals surface area (Å²) in [4.78, 5) is 4.58. The van der Waals surface area contributed by atoms with Crippen molar-refractivity contribution in [1.29, 1.82) is 0 Å². The largest absolute Gasteiger partial charge is 0.484 e. The Bertz CT molecular complexity index is 154. The van der Waals surface area contributed by atoms with Gasteiger partial charge in [-0.2, -0.15) is 0 Å². The van der Waals surface area contributed by atoms with Gasteiger partial charge in [0.2, 0.25) is 0 Å². The summed E-state index contributed by atoms with van der Waals surface area (Å²) < 4.78 is 5.20. The number of aliphatic imine (C=N–C) groups is 1. The van der Waals surface area contributed by atoms with Crippen molar-refractivity contribution in [2.24, 2.45) is 4.99 Å². The molecule has 12 heavy (non-hydrogen) atoms.